The average Bonchev–Trinajstić information content (AvgIpc) is 3.01. The summed E-state index contributed by atoms with van der Waals surface area (Å²) in [6.07, 6.45) is -0.762. The highest BCUT2D eigenvalue weighted by Crippen LogP contribution is 2.41. The molecular weight excluding hydrogens is 611 g/mol. The van der Waals surface area contributed by atoms with E-state index in [9.17, 15) is 22.8 Å². The fourth-order valence-corrected chi connectivity index (χ4v) is 7.44. The van der Waals surface area contributed by atoms with Crippen LogP contribution in [-0.2, 0) is 33.9 Å². The van der Waals surface area contributed by atoms with Crippen molar-refractivity contribution in [2.75, 3.05) is 12.4 Å². The smallest absolute Gasteiger partial charge is 0.356 e. The van der Waals surface area contributed by atoms with Crippen LogP contribution in [0.4, 0.5) is 0 Å². The predicted octanol–water partition coefficient (Wildman–Crippen LogP) is 4.34. The Hall–Kier alpha value is -3.91. The maximum absolute atomic E-state index is 13.8. The van der Waals surface area contributed by atoms with Gasteiger partial charge in [-0.3, -0.25) is 14.5 Å². The number of amides is 1. The summed E-state index contributed by atoms with van der Waals surface area (Å²) in [5, 5.41) is -0.653. The van der Waals surface area contributed by atoms with Gasteiger partial charge in [-0.25, -0.2) is 13.2 Å². The van der Waals surface area contributed by atoms with E-state index >= 15 is 0 Å². The first kappa shape index (κ1) is 30.5. The minimum absolute atomic E-state index is 0.0175. The van der Waals surface area contributed by atoms with Crippen LogP contribution in [0.15, 0.2) is 105 Å². The second-order valence-electron chi connectivity index (χ2n) is 9.65. The lowest BCUT2D eigenvalue weighted by molar-refractivity contribution is -0.148. The zero-order chi connectivity index (χ0) is 30.6. The number of benzene rings is 3. The number of β-lactam (4-membered cyclic amide) rings is 1. The van der Waals surface area contributed by atoms with E-state index in [1.807, 2.05) is 67.6 Å². The third-order valence-electron chi connectivity index (χ3n) is 6.59. The molecule has 5 rings (SSSR count). The predicted molar refractivity (Wildman–Crippen MR) is 164 cm³/mol. The normalized spacial score (nSPS) is 17.5. The number of sulfonamides is 1. The standard InChI is InChI=1S/C30H27N3O7S3/c1-19-13-15-24(16-14-19)43(37,38)32-42-31-25-28(35)33-26(23(17-39-20(2)34)18-41-29(25)33)30(36)40-27(21-9-5-3-6-10-21)22-11-7-4-8-12-22/h3-16,27,29,32H,17-18H2,1-2H3/b31-25+/t29-/m1/s1. The Labute approximate surface area is 257 Å². The molecule has 0 unspecified atom stereocenters. The lowest BCUT2D eigenvalue weighted by Gasteiger charge is -2.44. The van der Waals surface area contributed by atoms with Crippen molar-refractivity contribution in [3.05, 3.63) is 113 Å². The number of ether oxygens (including phenoxy) is 2. The molecule has 1 saturated heterocycles. The molecule has 2 aliphatic rings. The second-order valence-corrected chi connectivity index (χ2v) is 13.2. The van der Waals surface area contributed by atoms with Gasteiger partial charge in [-0.2, -0.15) is 4.40 Å². The minimum Gasteiger partial charge on any atom is -0.461 e. The van der Waals surface area contributed by atoms with Crippen molar-refractivity contribution in [3.63, 3.8) is 0 Å². The summed E-state index contributed by atoms with van der Waals surface area (Å²) in [5.41, 5.74) is 2.87. The summed E-state index contributed by atoms with van der Waals surface area (Å²) < 4.78 is 42.9. The molecular formula is C30H27N3O7S3. The van der Waals surface area contributed by atoms with Gasteiger partial charge in [-0.15, -0.1) is 15.9 Å². The molecule has 2 heterocycles. The van der Waals surface area contributed by atoms with Gasteiger partial charge in [0.1, 0.15) is 23.4 Å². The number of thioether (sulfide) groups is 1. The van der Waals surface area contributed by atoms with Crippen LogP contribution >= 0.6 is 23.9 Å². The van der Waals surface area contributed by atoms with Gasteiger partial charge in [0, 0.05) is 18.2 Å². The van der Waals surface area contributed by atoms with Crippen molar-refractivity contribution in [1.82, 2.24) is 9.03 Å². The van der Waals surface area contributed by atoms with Crippen molar-refractivity contribution in [3.8, 4) is 0 Å². The van der Waals surface area contributed by atoms with Gasteiger partial charge >= 0.3 is 11.9 Å². The summed E-state index contributed by atoms with van der Waals surface area (Å²) in [4.78, 5) is 40.0. The highest BCUT2D eigenvalue weighted by Gasteiger charge is 2.52. The number of aryl methyl sites for hydroxylation is 1. The Balaban J connectivity index is 1.38. The number of nitrogens with one attached hydrogen (secondary N) is 1. The zero-order valence-corrected chi connectivity index (χ0v) is 25.6. The van der Waals surface area contributed by atoms with Gasteiger partial charge in [0.2, 0.25) is 0 Å². The number of esters is 2. The van der Waals surface area contributed by atoms with Gasteiger partial charge < -0.3 is 9.47 Å². The van der Waals surface area contributed by atoms with Crippen LogP contribution in [0.25, 0.3) is 0 Å². The summed E-state index contributed by atoms with van der Waals surface area (Å²) >= 11 is 1.82. The fraction of sp³-hybridized carbons (Fsp3) is 0.200. The minimum atomic E-state index is -3.88. The van der Waals surface area contributed by atoms with Crippen molar-refractivity contribution in [1.29, 1.82) is 0 Å². The highest BCUT2D eigenvalue weighted by atomic mass is 32.3. The summed E-state index contributed by atoms with van der Waals surface area (Å²) in [6.45, 7) is 2.91. The van der Waals surface area contributed by atoms with Gasteiger partial charge in [0.05, 0.1) is 17.0 Å². The van der Waals surface area contributed by atoms with E-state index < -0.39 is 39.3 Å². The lowest BCUT2D eigenvalue weighted by Crippen LogP contribution is -2.62. The molecule has 0 bridgehead atoms. The first-order valence-corrected chi connectivity index (χ1v) is 16.4. The molecule has 10 nitrogen and oxygen atoms in total. The van der Waals surface area contributed by atoms with E-state index in [1.165, 1.54) is 35.7 Å². The Bertz CT molecular complexity index is 1650. The molecule has 1 N–H and O–H groups in total. The third-order valence-corrected chi connectivity index (χ3v) is 10.2. The van der Waals surface area contributed by atoms with Gasteiger partial charge in [0.15, 0.2) is 6.10 Å². The van der Waals surface area contributed by atoms with E-state index in [-0.39, 0.29) is 28.7 Å². The number of fused-ring (bicyclic) bond motifs is 1. The Kier molecular flexibility index (Phi) is 9.35. The number of rotatable bonds is 10. The van der Waals surface area contributed by atoms with Crippen molar-refractivity contribution in [2.24, 2.45) is 4.40 Å². The van der Waals surface area contributed by atoms with E-state index in [4.69, 9.17) is 9.47 Å². The first-order valence-electron chi connectivity index (χ1n) is 13.1. The molecule has 222 valence electrons. The monoisotopic (exact) mass is 637 g/mol. The molecule has 1 fully saturated rings. The van der Waals surface area contributed by atoms with E-state index in [1.54, 1.807) is 12.1 Å². The van der Waals surface area contributed by atoms with Crippen LogP contribution in [0.3, 0.4) is 0 Å². The Morgan fingerprint density at radius 1 is 1.02 bits per heavy atom. The molecule has 43 heavy (non-hydrogen) atoms. The molecule has 3 aromatic carbocycles. The van der Waals surface area contributed by atoms with E-state index in [0.29, 0.717) is 17.7 Å². The molecule has 2 aliphatic heterocycles. The van der Waals surface area contributed by atoms with Crippen molar-refractivity contribution >= 4 is 57.5 Å². The molecule has 0 spiro atoms. The maximum atomic E-state index is 13.8. The highest BCUT2D eigenvalue weighted by molar-refractivity contribution is 8.08. The Morgan fingerprint density at radius 2 is 1.63 bits per heavy atom. The quantitative estimate of drug-likeness (QED) is 0.196. The molecule has 0 aromatic heterocycles. The van der Waals surface area contributed by atoms with Crippen molar-refractivity contribution in [2.45, 2.75) is 30.2 Å². The van der Waals surface area contributed by atoms with E-state index in [0.717, 1.165) is 16.7 Å². The van der Waals surface area contributed by atoms with E-state index in [2.05, 4.69) is 8.53 Å². The average molecular weight is 638 g/mol. The number of hydrogen-bond acceptors (Lipinski definition) is 10. The topological polar surface area (TPSA) is 131 Å². The number of hydrogen-bond donors (Lipinski definition) is 1. The van der Waals surface area contributed by atoms with Crippen LogP contribution < -0.4 is 4.13 Å². The second kappa shape index (κ2) is 13.2. The molecule has 13 heteroatoms. The van der Waals surface area contributed by atoms with Crippen LogP contribution in [0.5, 0.6) is 0 Å². The van der Waals surface area contributed by atoms with Crippen LogP contribution in [0, 0.1) is 6.92 Å². The number of nitrogens with zero attached hydrogens (tertiary/aromatic N) is 2. The molecule has 1 amide bonds. The Morgan fingerprint density at radius 3 is 2.21 bits per heavy atom. The van der Waals surface area contributed by atoms with Crippen LogP contribution in [0.1, 0.15) is 29.7 Å². The summed E-state index contributed by atoms with van der Waals surface area (Å²) in [6, 6.07) is 24.7. The number of carbonyl (C=O) groups is 3. The summed E-state index contributed by atoms with van der Waals surface area (Å²) in [5.74, 6) is -1.62. The first-order chi connectivity index (χ1) is 20.7. The van der Waals surface area contributed by atoms with Gasteiger partial charge in [-0.05, 0) is 30.2 Å². The summed E-state index contributed by atoms with van der Waals surface area (Å²) in [7, 11) is -3.88. The van der Waals surface area contributed by atoms with Gasteiger partial charge in [0.25, 0.3) is 15.9 Å². The molecule has 0 aliphatic carbocycles. The molecule has 1 atom stereocenters. The zero-order valence-electron chi connectivity index (χ0n) is 23.1. The largest absolute Gasteiger partial charge is 0.461 e. The SMILES string of the molecule is CC(=O)OCC1=C(C(=O)OC(c2ccccc2)c2ccccc2)N2C(=O)/C(=N\SNS(=O)(=O)c3ccc(C)cc3)[C@H]2SC1. The molecule has 3 aromatic rings. The third kappa shape index (κ3) is 6.85. The molecule has 0 radical (unpaired) electrons. The number of carbonyl (C=O) groups excluding carboxylic acids is 3. The lowest BCUT2D eigenvalue weighted by atomic mass is 10.0. The van der Waals surface area contributed by atoms with Crippen molar-refractivity contribution < 1.29 is 32.3 Å². The van der Waals surface area contributed by atoms with Gasteiger partial charge in [-0.1, -0.05) is 78.4 Å². The maximum Gasteiger partial charge on any atom is 0.356 e. The fourth-order valence-electron chi connectivity index (χ4n) is 4.44. The van der Waals surface area contributed by atoms with Crippen LogP contribution in [0.2, 0.25) is 0 Å². The molecule has 0 saturated carbocycles. The van der Waals surface area contributed by atoms with Crippen LogP contribution in [-0.4, -0.2) is 54.6 Å².